The van der Waals surface area contributed by atoms with Crippen LogP contribution in [0.5, 0.6) is 0 Å². The monoisotopic (exact) mass is 377 g/mol. The van der Waals surface area contributed by atoms with Crippen LogP contribution in [-0.4, -0.2) is 25.9 Å². The molecule has 7 heteroatoms. The maximum absolute atomic E-state index is 12.4. The summed E-state index contributed by atoms with van der Waals surface area (Å²) in [6, 6.07) is 20.7. The number of benzene rings is 2. The molecule has 0 aliphatic rings. The minimum Gasteiger partial charge on any atom is -0.304 e. The van der Waals surface area contributed by atoms with Crippen LogP contribution in [0, 0.1) is 0 Å². The van der Waals surface area contributed by atoms with E-state index in [4.69, 9.17) is 11.6 Å². The van der Waals surface area contributed by atoms with E-state index in [1.54, 1.807) is 28.9 Å². The van der Waals surface area contributed by atoms with Crippen LogP contribution < -0.4 is 5.32 Å². The number of rotatable bonds is 5. The van der Waals surface area contributed by atoms with Crippen molar-refractivity contribution in [2.75, 3.05) is 5.32 Å². The fourth-order valence-electron chi connectivity index (χ4n) is 2.68. The minimum atomic E-state index is -0.298. The average Bonchev–Trinajstić information content (AvgIpc) is 3.33. The van der Waals surface area contributed by atoms with Crippen molar-refractivity contribution in [2.45, 2.75) is 6.54 Å². The van der Waals surface area contributed by atoms with Crippen LogP contribution in [0.3, 0.4) is 0 Å². The lowest BCUT2D eigenvalue weighted by Crippen LogP contribution is -2.13. The Labute approximate surface area is 160 Å². The highest BCUT2D eigenvalue weighted by molar-refractivity contribution is 6.30. The van der Waals surface area contributed by atoms with E-state index in [1.165, 1.54) is 0 Å². The first-order valence-corrected chi connectivity index (χ1v) is 8.75. The fraction of sp³-hybridized carbons (Fsp3) is 0.0500. The van der Waals surface area contributed by atoms with Crippen molar-refractivity contribution in [2.24, 2.45) is 0 Å². The molecule has 2 aromatic carbocycles. The Hall–Kier alpha value is -3.38. The first kappa shape index (κ1) is 17.1. The average molecular weight is 378 g/mol. The molecule has 0 aliphatic heterocycles. The summed E-state index contributed by atoms with van der Waals surface area (Å²) < 4.78 is 1.77. The summed E-state index contributed by atoms with van der Waals surface area (Å²) in [4.78, 5) is 12.4. The largest absolute Gasteiger partial charge is 0.304 e. The number of aromatic nitrogens is 4. The molecule has 27 heavy (non-hydrogen) atoms. The molecule has 1 amide bonds. The normalized spacial score (nSPS) is 10.7. The van der Waals surface area contributed by atoms with Crippen molar-refractivity contribution in [3.63, 3.8) is 0 Å². The van der Waals surface area contributed by atoms with Crippen molar-refractivity contribution >= 4 is 23.3 Å². The molecular formula is C20H16ClN5O. The molecule has 0 saturated heterocycles. The lowest BCUT2D eigenvalue weighted by Gasteiger charge is -2.02. The molecule has 0 saturated carbocycles. The Kier molecular flexibility index (Phi) is 4.72. The van der Waals surface area contributed by atoms with Crippen LogP contribution in [0.4, 0.5) is 5.82 Å². The summed E-state index contributed by atoms with van der Waals surface area (Å²) in [5.74, 6) is 0.186. The maximum Gasteiger partial charge on any atom is 0.274 e. The van der Waals surface area contributed by atoms with Crippen molar-refractivity contribution < 1.29 is 4.79 Å². The highest BCUT2D eigenvalue weighted by atomic mass is 35.5. The maximum atomic E-state index is 12.4. The predicted octanol–water partition coefficient (Wildman–Crippen LogP) is 4.23. The number of hydrogen-bond acceptors (Lipinski definition) is 3. The molecule has 2 N–H and O–H groups in total. The summed E-state index contributed by atoms with van der Waals surface area (Å²) in [6.45, 7) is 0.640. The van der Waals surface area contributed by atoms with E-state index in [-0.39, 0.29) is 5.91 Å². The van der Waals surface area contributed by atoms with Gasteiger partial charge in [-0.3, -0.25) is 14.6 Å². The molecule has 134 valence electrons. The zero-order valence-electron chi connectivity index (χ0n) is 14.3. The second-order valence-electron chi connectivity index (χ2n) is 6.01. The quantitative estimate of drug-likeness (QED) is 0.546. The first-order chi connectivity index (χ1) is 13.2. The SMILES string of the molecule is O=C(Nc1ccn(Cc2ccccc2)n1)c1cc(-c2ccc(Cl)cc2)n[nH]1. The van der Waals surface area contributed by atoms with E-state index in [9.17, 15) is 4.79 Å². The Morgan fingerprint density at radius 3 is 2.63 bits per heavy atom. The number of amides is 1. The molecular weight excluding hydrogens is 362 g/mol. The van der Waals surface area contributed by atoms with Crippen LogP contribution in [0.1, 0.15) is 16.1 Å². The molecule has 4 aromatic rings. The van der Waals surface area contributed by atoms with Gasteiger partial charge in [-0.25, -0.2) is 0 Å². The van der Waals surface area contributed by atoms with Crippen LogP contribution in [0.2, 0.25) is 5.02 Å². The molecule has 0 fully saturated rings. The molecule has 0 bridgehead atoms. The topological polar surface area (TPSA) is 75.6 Å². The smallest absolute Gasteiger partial charge is 0.274 e. The van der Waals surface area contributed by atoms with Gasteiger partial charge in [-0.05, 0) is 23.8 Å². The van der Waals surface area contributed by atoms with Gasteiger partial charge in [-0.1, -0.05) is 54.1 Å². The number of hydrogen-bond donors (Lipinski definition) is 2. The number of carbonyl (C=O) groups is 1. The van der Waals surface area contributed by atoms with Gasteiger partial charge in [0.2, 0.25) is 0 Å². The highest BCUT2D eigenvalue weighted by Crippen LogP contribution is 2.20. The van der Waals surface area contributed by atoms with Gasteiger partial charge in [-0.15, -0.1) is 0 Å². The lowest BCUT2D eigenvalue weighted by atomic mass is 10.1. The van der Waals surface area contributed by atoms with E-state index in [0.29, 0.717) is 28.8 Å². The van der Waals surface area contributed by atoms with E-state index in [2.05, 4.69) is 20.6 Å². The Bertz CT molecular complexity index is 1050. The van der Waals surface area contributed by atoms with Crippen molar-refractivity contribution in [3.05, 3.63) is 89.2 Å². The van der Waals surface area contributed by atoms with Crippen LogP contribution in [0.25, 0.3) is 11.3 Å². The van der Waals surface area contributed by atoms with Gasteiger partial charge in [0.1, 0.15) is 5.69 Å². The summed E-state index contributed by atoms with van der Waals surface area (Å²) >= 11 is 5.90. The van der Waals surface area contributed by atoms with Gasteiger partial charge in [0, 0.05) is 22.8 Å². The molecule has 0 atom stereocenters. The third-order valence-electron chi connectivity index (χ3n) is 4.03. The number of halogens is 1. The first-order valence-electron chi connectivity index (χ1n) is 8.37. The Morgan fingerprint density at radius 1 is 1.07 bits per heavy atom. The molecule has 0 aliphatic carbocycles. The van der Waals surface area contributed by atoms with Gasteiger partial charge >= 0.3 is 0 Å². The van der Waals surface area contributed by atoms with Gasteiger partial charge in [0.05, 0.1) is 12.2 Å². The minimum absolute atomic E-state index is 0.298. The summed E-state index contributed by atoms with van der Waals surface area (Å²) in [6.07, 6.45) is 1.83. The van der Waals surface area contributed by atoms with Crippen molar-refractivity contribution in [1.29, 1.82) is 0 Å². The lowest BCUT2D eigenvalue weighted by molar-refractivity contribution is 0.102. The molecule has 0 unspecified atom stereocenters. The zero-order chi connectivity index (χ0) is 18.6. The summed E-state index contributed by atoms with van der Waals surface area (Å²) in [5, 5.41) is 14.7. The third kappa shape index (κ3) is 4.07. The van der Waals surface area contributed by atoms with E-state index in [1.807, 2.05) is 48.7 Å². The van der Waals surface area contributed by atoms with Crippen LogP contribution in [-0.2, 0) is 6.54 Å². The molecule has 0 spiro atoms. The molecule has 4 rings (SSSR count). The van der Waals surface area contributed by atoms with Crippen molar-refractivity contribution in [3.8, 4) is 11.3 Å². The Morgan fingerprint density at radius 2 is 1.85 bits per heavy atom. The third-order valence-corrected chi connectivity index (χ3v) is 4.28. The zero-order valence-corrected chi connectivity index (χ0v) is 15.0. The van der Waals surface area contributed by atoms with Gasteiger partial charge in [-0.2, -0.15) is 10.2 Å². The van der Waals surface area contributed by atoms with Crippen LogP contribution >= 0.6 is 11.6 Å². The van der Waals surface area contributed by atoms with Gasteiger partial charge < -0.3 is 5.32 Å². The number of nitrogens with zero attached hydrogens (tertiary/aromatic N) is 3. The number of anilines is 1. The number of H-pyrrole nitrogens is 1. The van der Waals surface area contributed by atoms with Gasteiger partial charge in [0.15, 0.2) is 5.82 Å². The molecule has 0 radical (unpaired) electrons. The summed E-state index contributed by atoms with van der Waals surface area (Å²) in [7, 11) is 0. The number of aromatic amines is 1. The number of carbonyl (C=O) groups excluding carboxylic acids is 1. The summed E-state index contributed by atoms with van der Waals surface area (Å²) in [5.41, 5.74) is 3.05. The molecule has 2 aromatic heterocycles. The van der Waals surface area contributed by atoms with E-state index in [0.717, 1.165) is 11.1 Å². The number of nitrogens with one attached hydrogen (secondary N) is 2. The van der Waals surface area contributed by atoms with Crippen LogP contribution in [0.15, 0.2) is 72.9 Å². The van der Waals surface area contributed by atoms with E-state index >= 15 is 0 Å². The van der Waals surface area contributed by atoms with E-state index < -0.39 is 0 Å². The highest BCUT2D eigenvalue weighted by Gasteiger charge is 2.12. The van der Waals surface area contributed by atoms with Gasteiger partial charge in [0.25, 0.3) is 5.91 Å². The Balaban J connectivity index is 1.43. The second kappa shape index (κ2) is 7.47. The molecule has 6 nitrogen and oxygen atoms in total. The van der Waals surface area contributed by atoms with Crippen molar-refractivity contribution in [1.82, 2.24) is 20.0 Å². The molecule has 2 heterocycles. The fourth-order valence-corrected chi connectivity index (χ4v) is 2.80. The second-order valence-corrected chi connectivity index (χ2v) is 6.45. The standard InChI is InChI=1S/C20H16ClN5O/c21-16-8-6-15(7-9-16)17-12-18(24-23-17)20(27)22-19-10-11-26(25-19)13-14-4-2-1-3-5-14/h1-12H,13H2,(H,23,24)(H,22,25,27). The predicted molar refractivity (Wildman–Crippen MR) is 105 cm³/mol.